The van der Waals surface area contributed by atoms with E-state index in [1.165, 1.54) is 18.9 Å². The molecule has 4 atom stereocenters. The van der Waals surface area contributed by atoms with Crippen molar-refractivity contribution in [1.29, 1.82) is 0 Å². The summed E-state index contributed by atoms with van der Waals surface area (Å²) in [4.78, 5) is 46.1. The summed E-state index contributed by atoms with van der Waals surface area (Å²) in [7, 11) is -0.427. The zero-order chi connectivity index (χ0) is 27.9. The molecular weight excluding hydrogens is 510 g/mol. The predicted molar refractivity (Wildman–Crippen MR) is 152 cm³/mol. The molecule has 1 amide bonds. The van der Waals surface area contributed by atoms with Crippen molar-refractivity contribution in [3.63, 3.8) is 0 Å². The van der Waals surface area contributed by atoms with Gasteiger partial charge in [0.15, 0.2) is 14.1 Å². The molecule has 0 aromatic heterocycles. The molecule has 0 heterocycles. The van der Waals surface area contributed by atoms with Gasteiger partial charge in [-0.1, -0.05) is 41.2 Å². The van der Waals surface area contributed by atoms with E-state index in [1.807, 2.05) is 13.0 Å². The maximum absolute atomic E-state index is 11.8. The zero-order valence-electron chi connectivity index (χ0n) is 23.6. The lowest BCUT2D eigenvalue weighted by molar-refractivity contribution is -0.142. The summed E-state index contributed by atoms with van der Waals surface area (Å²) in [5, 5.41) is 2.93. The fraction of sp³-hybridized carbons (Fsp3) is 0.778. The number of Topliss-reactive ketones (excluding diaryl/α,β-unsaturated/α-hetero) is 1. The summed E-state index contributed by atoms with van der Waals surface area (Å²) in [6.07, 6.45) is 4.54. The van der Waals surface area contributed by atoms with Gasteiger partial charge in [-0.2, -0.15) is 11.8 Å². The molecule has 0 aromatic rings. The van der Waals surface area contributed by atoms with E-state index in [2.05, 4.69) is 39.2 Å². The predicted octanol–water partition coefficient (Wildman–Crippen LogP) is 5.70. The molecule has 1 fully saturated rings. The molecule has 0 aromatic carbocycles. The van der Waals surface area contributed by atoms with E-state index in [0.717, 1.165) is 0 Å². The summed E-state index contributed by atoms with van der Waals surface area (Å²) in [6, 6.07) is -0.784. The van der Waals surface area contributed by atoms with Crippen LogP contribution in [0.4, 0.5) is 4.79 Å². The number of thioether (sulfide) groups is 1. The highest BCUT2D eigenvalue weighted by Crippen LogP contribution is 2.38. The van der Waals surface area contributed by atoms with Crippen LogP contribution in [0.2, 0.25) is 18.1 Å². The van der Waals surface area contributed by atoms with Crippen LogP contribution in [-0.2, 0) is 28.3 Å². The first-order chi connectivity index (χ1) is 16.3. The maximum atomic E-state index is 11.8. The Labute approximate surface area is 229 Å². The second-order valence-corrected chi connectivity index (χ2v) is 18.0. The number of hydrogen-bond donors (Lipinski definition) is 1. The lowest BCUT2D eigenvalue weighted by atomic mass is 10.1. The van der Waals surface area contributed by atoms with Gasteiger partial charge in [0.2, 0.25) is 0 Å². The van der Waals surface area contributed by atoms with E-state index in [1.54, 1.807) is 26.8 Å². The quantitative estimate of drug-likeness (QED) is 0.313. The fourth-order valence-corrected chi connectivity index (χ4v) is 6.05. The number of alkyl carbamates (subject to hydrolysis) is 1. The van der Waals surface area contributed by atoms with Crippen molar-refractivity contribution in [2.45, 2.75) is 116 Å². The van der Waals surface area contributed by atoms with Crippen molar-refractivity contribution in [3.8, 4) is 0 Å². The third kappa shape index (κ3) is 12.6. The first-order valence-electron chi connectivity index (χ1n) is 12.4. The molecular formula is C27H49NO7SSi. The van der Waals surface area contributed by atoms with Gasteiger partial charge in [0, 0.05) is 30.3 Å². The monoisotopic (exact) mass is 559 g/mol. The number of hydrogen-bond acceptors (Lipinski definition) is 8. The Balaban J connectivity index is 0.000000747. The maximum Gasteiger partial charge on any atom is 0.408 e. The van der Waals surface area contributed by atoms with Gasteiger partial charge < -0.3 is 19.2 Å². The van der Waals surface area contributed by atoms with Crippen molar-refractivity contribution >= 4 is 43.7 Å². The topological polar surface area (TPSA) is 108 Å². The van der Waals surface area contributed by atoms with E-state index in [0.29, 0.717) is 25.0 Å². The molecule has 0 bridgehead atoms. The second kappa shape index (κ2) is 14.5. The minimum Gasteiger partial charge on any atom is -0.467 e. The minimum absolute atomic E-state index is 0. The highest BCUT2D eigenvalue weighted by atomic mass is 32.2. The number of amides is 1. The van der Waals surface area contributed by atoms with Gasteiger partial charge in [-0.05, 0) is 50.9 Å². The lowest BCUT2D eigenvalue weighted by Crippen LogP contribution is -2.45. The Morgan fingerprint density at radius 1 is 1.11 bits per heavy atom. The summed E-state index contributed by atoms with van der Waals surface area (Å²) < 4.78 is 15.9. The van der Waals surface area contributed by atoms with E-state index in [-0.39, 0.29) is 41.3 Å². The third-order valence-corrected chi connectivity index (χ3v) is 12.5. The van der Waals surface area contributed by atoms with Crippen molar-refractivity contribution in [1.82, 2.24) is 5.32 Å². The van der Waals surface area contributed by atoms with Crippen molar-refractivity contribution in [2.24, 2.45) is 5.92 Å². The third-order valence-electron chi connectivity index (χ3n) is 6.42. The Morgan fingerprint density at radius 3 is 2.11 bits per heavy atom. The van der Waals surface area contributed by atoms with Gasteiger partial charge in [0.25, 0.3) is 0 Å². The molecule has 8 nitrogen and oxygen atoms in total. The Hall–Kier alpha value is -1.65. The number of methoxy groups -OCH3 is 1. The molecule has 0 spiro atoms. The lowest BCUT2D eigenvalue weighted by Gasteiger charge is -2.37. The molecule has 0 saturated heterocycles. The molecule has 1 saturated carbocycles. The molecule has 2 aliphatic rings. The smallest absolute Gasteiger partial charge is 0.408 e. The zero-order valence-corrected chi connectivity index (χ0v) is 25.4. The number of esters is 1. The molecule has 2 rings (SSSR count). The van der Waals surface area contributed by atoms with Crippen LogP contribution in [0.25, 0.3) is 0 Å². The summed E-state index contributed by atoms with van der Waals surface area (Å²) >= 11 is 1.52. The van der Waals surface area contributed by atoms with E-state index >= 15 is 0 Å². The van der Waals surface area contributed by atoms with Crippen LogP contribution in [0.5, 0.6) is 0 Å². The van der Waals surface area contributed by atoms with Gasteiger partial charge in [-0.15, -0.1) is 0 Å². The van der Waals surface area contributed by atoms with E-state index < -0.39 is 32.0 Å². The van der Waals surface area contributed by atoms with Crippen molar-refractivity contribution < 1.29 is 33.1 Å². The summed E-state index contributed by atoms with van der Waals surface area (Å²) in [6.45, 7) is 18.3. The SMILES string of the molecule is C.CC(C)(C)[Si](C)(C)O[C@H]1C=CC(=O)C1.COC(=O)[C@H](CS[C@@H]1CC(=O)C[C@H]1C)NC(=O)OC(C)(C)C. The Bertz CT molecular complexity index is 830. The van der Waals surface area contributed by atoms with Crippen LogP contribution in [0.1, 0.15) is 75.2 Å². The van der Waals surface area contributed by atoms with Crippen molar-refractivity contribution in [3.05, 3.63) is 12.2 Å². The van der Waals surface area contributed by atoms with Gasteiger partial charge in [0.1, 0.15) is 17.4 Å². The van der Waals surface area contributed by atoms with Gasteiger partial charge in [-0.3, -0.25) is 9.59 Å². The number of nitrogens with one attached hydrogen (secondary N) is 1. The van der Waals surface area contributed by atoms with Crippen LogP contribution in [-0.4, -0.2) is 67.8 Å². The number of rotatable bonds is 7. The van der Waals surface area contributed by atoms with Gasteiger partial charge in [-0.25, -0.2) is 9.59 Å². The molecule has 0 radical (unpaired) electrons. The number of carbonyl (C=O) groups excluding carboxylic acids is 4. The standard InChI is InChI=1S/C15H25NO5S.C11H20O2Si.CH4/c1-9-6-10(17)7-12(9)22-8-11(13(18)20-5)16-14(19)21-15(2,3)4;1-11(2,3)14(4,5)13-10-7-6-9(12)8-10;/h9,11-12H,6-8H2,1-5H3,(H,16,19);6-7,10H,8H2,1-5H3;1H4/t9-,11+,12-;10-;/m10./s1. The summed E-state index contributed by atoms with van der Waals surface area (Å²) in [5.41, 5.74) is -0.635. The molecule has 214 valence electrons. The molecule has 10 heteroatoms. The van der Waals surface area contributed by atoms with Crippen LogP contribution in [0.15, 0.2) is 12.2 Å². The average Bonchev–Trinajstić information content (AvgIpc) is 3.25. The Kier molecular flexibility index (Phi) is 13.8. The summed E-state index contributed by atoms with van der Waals surface area (Å²) in [5.74, 6) is 0.565. The van der Waals surface area contributed by atoms with Crippen LogP contribution in [0, 0.1) is 5.92 Å². The molecule has 0 unspecified atom stereocenters. The highest BCUT2D eigenvalue weighted by molar-refractivity contribution is 8.00. The minimum atomic E-state index is -1.70. The van der Waals surface area contributed by atoms with Gasteiger partial charge in [0.05, 0.1) is 13.2 Å². The highest BCUT2D eigenvalue weighted by Gasteiger charge is 2.39. The Morgan fingerprint density at radius 2 is 1.70 bits per heavy atom. The first-order valence-corrected chi connectivity index (χ1v) is 16.4. The molecule has 1 N–H and O–H groups in total. The van der Waals surface area contributed by atoms with Crippen LogP contribution in [0.3, 0.4) is 0 Å². The normalized spacial score (nSPS) is 22.5. The molecule has 2 aliphatic carbocycles. The number of ether oxygens (including phenoxy) is 2. The molecule has 0 aliphatic heterocycles. The van der Waals surface area contributed by atoms with Crippen LogP contribution >= 0.6 is 11.8 Å². The fourth-order valence-electron chi connectivity index (χ4n) is 3.39. The average molecular weight is 560 g/mol. The molecule has 37 heavy (non-hydrogen) atoms. The van der Waals surface area contributed by atoms with E-state index in [9.17, 15) is 19.2 Å². The second-order valence-electron chi connectivity index (χ2n) is 12.0. The number of allylic oxidation sites excluding steroid dienone is 1. The van der Waals surface area contributed by atoms with Gasteiger partial charge >= 0.3 is 12.1 Å². The largest absolute Gasteiger partial charge is 0.467 e. The van der Waals surface area contributed by atoms with Crippen molar-refractivity contribution in [2.75, 3.05) is 12.9 Å². The van der Waals surface area contributed by atoms with Crippen LogP contribution < -0.4 is 5.32 Å². The number of carbonyl (C=O) groups is 4. The first kappa shape index (κ1) is 35.3. The van der Waals surface area contributed by atoms with E-state index in [4.69, 9.17) is 13.9 Å². The number of ketones is 2.